The molecule has 48 heavy (non-hydrogen) atoms. The lowest BCUT2D eigenvalue weighted by atomic mass is 9.93. The molecule has 0 aliphatic carbocycles. The number of carbonyl (C=O) groups excluding carboxylic acids is 3. The van der Waals surface area contributed by atoms with Gasteiger partial charge in [-0.15, -0.1) is 0 Å². The van der Waals surface area contributed by atoms with E-state index < -0.39 is 35.7 Å². The van der Waals surface area contributed by atoms with Crippen LogP contribution in [0.1, 0.15) is 43.0 Å². The number of methoxy groups -OCH3 is 1. The van der Waals surface area contributed by atoms with Gasteiger partial charge in [0.25, 0.3) is 0 Å². The smallest absolute Gasteiger partial charge is 0.408 e. The first-order valence-electron chi connectivity index (χ1n) is 15.9. The zero-order valence-electron chi connectivity index (χ0n) is 28.0. The van der Waals surface area contributed by atoms with Crippen LogP contribution in [0.25, 0.3) is 11.1 Å². The van der Waals surface area contributed by atoms with Crippen LogP contribution in [0.3, 0.4) is 0 Å². The summed E-state index contributed by atoms with van der Waals surface area (Å²) in [6, 6.07) is 29.2. The van der Waals surface area contributed by atoms with E-state index >= 15 is 0 Å². The zero-order valence-corrected chi connectivity index (χ0v) is 28.0. The number of nitrogens with one attached hydrogen (secondary N) is 1. The van der Waals surface area contributed by atoms with E-state index in [1.54, 1.807) is 27.8 Å². The lowest BCUT2D eigenvalue weighted by molar-refractivity contribution is -0.152. The lowest BCUT2D eigenvalue weighted by Crippen LogP contribution is -2.54. The third-order valence-electron chi connectivity index (χ3n) is 8.00. The van der Waals surface area contributed by atoms with E-state index in [2.05, 4.69) is 5.32 Å². The van der Waals surface area contributed by atoms with Crippen molar-refractivity contribution in [3.05, 3.63) is 119 Å². The van der Waals surface area contributed by atoms with E-state index in [4.69, 9.17) is 18.9 Å². The third-order valence-corrected chi connectivity index (χ3v) is 8.00. The van der Waals surface area contributed by atoms with Crippen LogP contribution in [0.4, 0.5) is 4.79 Å². The number of rotatable bonds is 8. The number of carbonyl (C=O) groups is 3. The molecule has 0 aromatic heterocycles. The molecule has 9 nitrogen and oxygen atoms in total. The molecule has 2 atom stereocenters. The van der Waals surface area contributed by atoms with Crippen LogP contribution in [0.15, 0.2) is 97.1 Å². The van der Waals surface area contributed by atoms with Crippen molar-refractivity contribution >= 4 is 18.0 Å². The molecule has 4 aromatic rings. The van der Waals surface area contributed by atoms with Gasteiger partial charge in [0.15, 0.2) is 0 Å². The quantitative estimate of drug-likeness (QED) is 0.217. The summed E-state index contributed by atoms with van der Waals surface area (Å²) in [5.41, 5.74) is 4.30. The van der Waals surface area contributed by atoms with E-state index in [0.717, 1.165) is 33.4 Å². The first-order chi connectivity index (χ1) is 23.0. The van der Waals surface area contributed by atoms with Gasteiger partial charge in [-0.2, -0.15) is 0 Å². The van der Waals surface area contributed by atoms with E-state index in [1.165, 1.54) is 12.0 Å². The average Bonchev–Trinajstić information content (AvgIpc) is 3.07. The molecule has 0 unspecified atom stereocenters. The van der Waals surface area contributed by atoms with Crippen LogP contribution in [0.2, 0.25) is 0 Å². The van der Waals surface area contributed by atoms with Crippen molar-refractivity contribution in [2.45, 2.75) is 64.5 Å². The van der Waals surface area contributed by atoms with Crippen molar-refractivity contribution in [3.8, 4) is 22.6 Å². The normalized spacial score (nSPS) is 16.2. The highest BCUT2D eigenvalue weighted by molar-refractivity contribution is 5.90. The molecule has 5 rings (SSSR count). The Morgan fingerprint density at radius 1 is 0.771 bits per heavy atom. The van der Waals surface area contributed by atoms with Crippen LogP contribution in [-0.2, 0) is 45.1 Å². The second kappa shape index (κ2) is 15.1. The molecule has 0 saturated heterocycles. The summed E-state index contributed by atoms with van der Waals surface area (Å²) >= 11 is 0. The molecule has 4 bridgehead atoms. The standard InChI is InChI=1S/C39H42N2O7/c1-39(2,3)48-38(44)40-32-22-28-16-18-34(46-24-26-12-8-6-9-13-26)30(20-28)31-21-29(23-33(37(43)45-5)41(4)36(32)42)17-19-35(31)47-25-27-14-10-7-11-15-27/h6-21,32-33H,22-25H2,1-5H3,(H,40,44)/t32-,33-/m0/s1. The zero-order chi connectivity index (χ0) is 34.3. The Morgan fingerprint density at radius 3 is 1.75 bits per heavy atom. The highest BCUT2D eigenvalue weighted by atomic mass is 16.6. The van der Waals surface area contributed by atoms with E-state index in [1.807, 2.05) is 97.1 Å². The number of amides is 2. The molecule has 4 aromatic carbocycles. The number of alkyl carbamates (subject to hydrolysis) is 1. The highest BCUT2D eigenvalue weighted by Gasteiger charge is 2.35. The Bertz CT molecular complexity index is 1730. The minimum absolute atomic E-state index is 0.127. The van der Waals surface area contributed by atoms with Gasteiger partial charge >= 0.3 is 12.1 Å². The molecule has 1 N–H and O–H groups in total. The van der Waals surface area contributed by atoms with Gasteiger partial charge in [-0.25, -0.2) is 9.59 Å². The summed E-state index contributed by atoms with van der Waals surface area (Å²) in [7, 11) is 2.84. The highest BCUT2D eigenvalue weighted by Crippen LogP contribution is 2.39. The molecule has 0 saturated carbocycles. The molecule has 1 aliphatic heterocycles. The van der Waals surface area contributed by atoms with Gasteiger partial charge in [0.2, 0.25) is 5.91 Å². The number of nitrogens with zero attached hydrogens (tertiary/aromatic N) is 1. The Balaban J connectivity index is 1.62. The molecule has 9 heteroatoms. The fourth-order valence-corrected chi connectivity index (χ4v) is 5.57. The SMILES string of the molecule is COC(=O)[C@@H]1Cc2ccc(OCc3ccccc3)c(c2)-c2cc(ccc2OCc2ccccc2)C[C@H](NC(=O)OC(C)(C)C)C(=O)N1C. The monoisotopic (exact) mass is 650 g/mol. The van der Waals surface area contributed by atoms with Crippen LogP contribution in [-0.4, -0.2) is 54.7 Å². The molecule has 1 heterocycles. The minimum atomic E-state index is -1.03. The molecular weight excluding hydrogens is 608 g/mol. The Kier molecular flexibility index (Phi) is 10.7. The van der Waals surface area contributed by atoms with E-state index in [0.29, 0.717) is 24.7 Å². The first-order valence-corrected chi connectivity index (χ1v) is 15.9. The molecule has 1 aliphatic rings. The Morgan fingerprint density at radius 2 is 1.27 bits per heavy atom. The summed E-state index contributed by atoms with van der Waals surface area (Å²) in [4.78, 5) is 41.5. The fraction of sp³-hybridized carbons (Fsp3) is 0.308. The second-order valence-electron chi connectivity index (χ2n) is 12.8. The summed E-state index contributed by atoms with van der Waals surface area (Å²) in [5.74, 6) is 0.218. The second-order valence-corrected chi connectivity index (χ2v) is 12.8. The molecule has 0 radical (unpaired) electrons. The van der Waals surface area contributed by atoms with Gasteiger partial charge in [0, 0.05) is 31.0 Å². The lowest BCUT2D eigenvalue weighted by Gasteiger charge is -2.31. The number of ether oxygens (including phenoxy) is 4. The van der Waals surface area contributed by atoms with Gasteiger partial charge in [-0.1, -0.05) is 72.8 Å². The predicted molar refractivity (Wildman–Crippen MR) is 183 cm³/mol. The number of hydrogen-bond donors (Lipinski definition) is 1. The number of fused-ring (bicyclic) bond motifs is 5. The molecule has 0 spiro atoms. The van der Waals surface area contributed by atoms with Crippen molar-refractivity contribution in [1.82, 2.24) is 10.2 Å². The van der Waals surface area contributed by atoms with Gasteiger partial charge < -0.3 is 29.2 Å². The van der Waals surface area contributed by atoms with Crippen molar-refractivity contribution in [2.75, 3.05) is 14.2 Å². The van der Waals surface area contributed by atoms with Crippen LogP contribution in [0.5, 0.6) is 11.5 Å². The fourth-order valence-electron chi connectivity index (χ4n) is 5.57. The maximum absolute atomic E-state index is 14.0. The van der Waals surface area contributed by atoms with Crippen LogP contribution < -0.4 is 14.8 Å². The predicted octanol–water partition coefficient (Wildman–Crippen LogP) is 6.50. The van der Waals surface area contributed by atoms with Gasteiger partial charge in [-0.3, -0.25) is 4.79 Å². The summed E-state index contributed by atoms with van der Waals surface area (Å²) in [6.45, 7) is 5.93. The van der Waals surface area contributed by atoms with E-state index in [-0.39, 0.29) is 12.8 Å². The van der Waals surface area contributed by atoms with Crippen molar-refractivity contribution < 1.29 is 33.3 Å². The third kappa shape index (κ3) is 8.73. The number of benzene rings is 4. The van der Waals surface area contributed by atoms with Gasteiger partial charge in [0.1, 0.15) is 42.4 Å². The van der Waals surface area contributed by atoms with Crippen molar-refractivity contribution in [3.63, 3.8) is 0 Å². The summed E-state index contributed by atoms with van der Waals surface area (Å²) < 4.78 is 23.5. The first kappa shape index (κ1) is 34.0. The molecule has 0 fully saturated rings. The maximum atomic E-state index is 14.0. The summed E-state index contributed by atoms with van der Waals surface area (Å²) in [5, 5.41) is 2.75. The van der Waals surface area contributed by atoms with Crippen molar-refractivity contribution in [2.24, 2.45) is 0 Å². The Hall–Kier alpha value is -5.31. The summed E-state index contributed by atoms with van der Waals surface area (Å²) in [6.07, 6.45) is -0.442. The Labute approximate surface area is 281 Å². The van der Waals surface area contributed by atoms with Crippen LogP contribution >= 0.6 is 0 Å². The molecule has 250 valence electrons. The number of hydrogen-bond acceptors (Lipinski definition) is 7. The topological polar surface area (TPSA) is 103 Å². The van der Waals surface area contributed by atoms with Crippen LogP contribution in [0, 0.1) is 0 Å². The molecular formula is C39H42N2O7. The van der Waals surface area contributed by atoms with E-state index in [9.17, 15) is 14.4 Å². The average molecular weight is 651 g/mol. The number of likely N-dealkylation sites (N-methyl/N-ethyl adjacent to an activating group) is 1. The van der Waals surface area contributed by atoms with Gasteiger partial charge in [-0.05, 0) is 67.3 Å². The largest absolute Gasteiger partial charge is 0.488 e. The van der Waals surface area contributed by atoms with Gasteiger partial charge in [0.05, 0.1) is 7.11 Å². The maximum Gasteiger partial charge on any atom is 0.408 e. The minimum Gasteiger partial charge on any atom is -0.488 e. The molecule has 2 amide bonds. The number of esters is 1. The van der Waals surface area contributed by atoms with Crippen molar-refractivity contribution in [1.29, 1.82) is 0 Å².